The van der Waals surface area contributed by atoms with Crippen LogP contribution in [0.25, 0.3) is 6.08 Å². The Morgan fingerprint density at radius 2 is 1.82 bits per heavy atom. The number of amides is 1. The lowest BCUT2D eigenvalue weighted by atomic mass is 10.1. The number of nitriles is 1. The van der Waals surface area contributed by atoms with Crippen LogP contribution in [0.2, 0.25) is 0 Å². The number of likely N-dealkylation sites (N-methyl/N-ethyl adjacent to an activating group) is 1. The molecule has 0 spiro atoms. The predicted molar refractivity (Wildman–Crippen MR) is 112 cm³/mol. The van der Waals surface area contributed by atoms with E-state index in [1.54, 1.807) is 11.0 Å². The minimum atomic E-state index is -0.179. The summed E-state index contributed by atoms with van der Waals surface area (Å²) in [4.78, 5) is 18.9. The van der Waals surface area contributed by atoms with Crippen molar-refractivity contribution in [2.75, 3.05) is 45.1 Å². The molecule has 0 atom stereocenters. The molecule has 1 saturated heterocycles. The molecule has 1 N–H and O–H groups in total. The van der Waals surface area contributed by atoms with E-state index in [2.05, 4.69) is 41.1 Å². The van der Waals surface area contributed by atoms with Gasteiger partial charge in [-0.15, -0.1) is 0 Å². The first-order valence-corrected chi connectivity index (χ1v) is 9.91. The van der Waals surface area contributed by atoms with E-state index < -0.39 is 0 Å². The van der Waals surface area contributed by atoms with Gasteiger partial charge in [-0.1, -0.05) is 12.1 Å². The van der Waals surface area contributed by atoms with Crippen molar-refractivity contribution >= 4 is 17.7 Å². The molecule has 1 aromatic carbocycles. The van der Waals surface area contributed by atoms with Gasteiger partial charge < -0.3 is 20.0 Å². The maximum Gasteiger partial charge on any atom is 0.264 e. The number of benzene rings is 1. The first-order valence-electron chi connectivity index (χ1n) is 9.91. The number of hydrogen-bond donors (Lipinski definition) is 1. The lowest BCUT2D eigenvalue weighted by Crippen LogP contribution is -2.47. The molecule has 6 nitrogen and oxygen atoms in total. The van der Waals surface area contributed by atoms with Crippen LogP contribution in [0.15, 0.2) is 41.7 Å². The highest BCUT2D eigenvalue weighted by Gasteiger charge is 2.22. The molecule has 0 aromatic heterocycles. The number of carbonyl (C=O) groups is 1. The highest BCUT2D eigenvalue weighted by molar-refractivity contribution is 6.01. The zero-order chi connectivity index (χ0) is 20.1. The average Bonchev–Trinajstić information content (AvgIpc) is 3.16. The van der Waals surface area contributed by atoms with Gasteiger partial charge in [-0.25, -0.2) is 0 Å². The van der Waals surface area contributed by atoms with Crippen molar-refractivity contribution < 1.29 is 4.79 Å². The number of carbonyl (C=O) groups excluding carboxylic acids is 1. The summed E-state index contributed by atoms with van der Waals surface area (Å²) in [7, 11) is 2.04. The average molecular weight is 380 g/mol. The smallest absolute Gasteiger partial charge is 0.264 e. The number of hydrogen-bond acceptors (Lipinski definition) is 5. The lowest BCUT2D eigenvalue weighted by molar-refractivity contribution is -0.128. The summed E-state index contributed by atoms with van der Waals surface area (Å²) in [5.41, 5.74) is 2.04. The van der Waals surface area contributed by atoms with Crippen LogP contribution in [0, 0.1) is 11.3 Å². The summed E-state index contributed by atoms with van der Waals surface area (Å²) in [5.74, 6) is 0.961. The molecule has 0 unspecified atom stereocenters. The maximum absolute atomic E-state index is 12.6. The highest BCUT2D eigenvalue weighted by atomic mass is 16.2. The standard InChI is InChI=1S/C22H29N5O/c1-17(2)27-10-4-5-21(27)24-20-8-6-18(7-9-20)15-19(16-23)22(28)26-13-11-25(3)12-14-26/h5-9,15,17,24H,4,10-14H2,1-3H3. The Kier molecular flexibility index (Phi) is 6.37. The van der Waals surface area contributed by atoms with Crippen LogP contribution in [0.4, 0.5) is 5.69 Å². The lowest BCUT2D eigenvalue weighted by Gasteiger charge is -2.32. The second kappa shape index (κ2) is 8.94. The van der Waals surface area contributed by atoms with Crippen molar-refractivity contribution in [3.63, 3.8) is 0 Å². The summed E-state index contributed by atoms with van der Waals surface area (Å²) in [6.07, 6.45) is 4.96. The topological polar surface area (TPSA) is 62.6 Å². The van der Waals surface area contributed by atoms with Gasteiger partial charge in [0.05, 0.1) is 0 Å². The third-order valence-corrected chi connectivity index (χ3v) is 5.28. The zero-order valence-corrected chi connectivity index (χ0v) is 17.0. The summed E-state index contributed by atoms with van der Waals surface area (Å²) >= 11 is 0. The predicted octanol–water partition coefficient (Wildman–Crippen LogP) is 2.73. The minimum absolute atomic E-state index is 0.179. The maximum atomic E-state index is 12.6. The van der Waals surface area contributed by atoms with E-state index in [9.17, 15) is 10.1 Å². The summed E-state index contributed by atoms with van der Waals surface area (Å²) < 4.78 is 0. The molecule has 3 rings (SSSR count). The fourth-order valence-corrected chi connectivity index (χ4v) is 3.54. The van der Waals surface area contributed by atoms with Crippen LogP contribution in [-0.2, 0) is 4.79 Å². The van der Waals surface area contributed by atoms with Gasteiger partial charge in [0.2, 0.25) is 0 Å². The summed E-state index contributed by atoms with van der Waals surface area (Å²) in [6, 6.07) is 10.4. The second-order valence-corrected chi connectivity index (χ2v) is 7.68. The Balaban J connectivity index is 1.66. The molecule has 2 aliphatic heterocycles. The van der Waals surface area contributed by atoms with Crippen LogP contribution >= 0.6 is 0 Å². The van der Waals surface area contributed by atoms with Crippen molar-refractivity contribution in [2.24, 2.45) is 0 Å². The number of nitrogens with zero attached hydrogens (tertiary/aromatic N) is 4. The fourth-order valence-electron chi connectivity index (χ4n) is 3.54. The van der Waals surface area contributed by atoms with Crippen LogP contribution in [0.3, 0.4) is 0 Å². The first kappa shape index (κ1) is 20.0. The van der Waals surface area contributed by atoms with E-state index in [1.807, 2.05) is 31.3 Å². The molecule has 2 heterocycles. The monoisotopic (exact) mass is 379 g/mol. The first-order chi connectivity index (χ1) is 13.5. The Morgan fingerprint density at radius 3 is 2.43 bits per heavy atom. The summed E-state index contributed by atoms with van der Waals surface area (Å²) in [5, 5.41) is 12.9. The Morgan fingerprint density at radius 1 is 1.14 bits per heavy atom. The van der Waals surface area contributed by atoms with Gasteiger partial charge in [0, 0.05) is 44.5 Å². The van der Waals surface area contributed by atoms with Gasteiger partial charge in [-0.3, -0.25) is 4.79 Å². The molecule has 1 aromatic rings. The molecule has 0 aliphatic carbocycles. The number of anilines is 1. The van der Waals surface area contributed by atoms with Gasteiger partial charge in [-0.05, 0) is 57.2 Å². The van der Waals surface area contributed by atoms with Gasteiger partial charge in [-0.2, -0.15) is 5.26 Å². The van der Waals surface area contributed by atoms with Gasteiger partial charge in [0.15, 0.2) is 0 Å². The van der Waals surface area contributed by atoms with Crippen molar-refractivity contribution in [3.05, 3.63) is 47.3 Å². The molecular formula is C22H29N5O. The number of rotatable bonds is 5. The molecule has 0 radical (unpaired) electrons. The van der Waals surface area contributed by atoms with E-state index in [-0.39, 0.29) is 11.5 Å². The summed E-state index contributed by atoms with van der Waals surface area (Å²) in [6.45, 7) is 8.44. The molecule has 6 heteroatoms. The third kappa shape index (κ3) is 4.73. The molecule has 1 amide bonds. The molecule has 2 aliphatic rings. The van der Waals surface area contributed by atoms with Crippen LogP contribution in [0.5, 0.6) is 0 Å². The van der Waals surface area contributed by atoms with Gasteiger partial charge in [0.25, 0.3) is 5.91 Å². The van der Waals surface area contributed by atoms with Crippen LogP contribution in [0.1, 0.15) is 25.8 Å². The quantitative estimate of drug-likeness (QED) is 0.630. The molecular weight excluding hydrogens is 350 g/mol. The van der Waals surface area contributed by atoms with Crippen molar-refractivity contribution in [1.29, 1.82) is 5.26 Å². The van der Waals surface area contributed by atoms with Crippen molar-refractivity contribution in [3.8, 4) is 6.07 Å². The molecule has 0 saturated carbocycles. The zero-order valence-electron chi connectivity index (χ0n) is 17.0. The van der Waals surface area contributed by atoms with Crippen LogP contribution < -0.4 is 5.32 Å². The second-order valence-electron chi connectivity index (χ2n) is 7.68. The Hall–Kier alpha value is -2.78. The highest BCUT2D eigenvalue weighted by Crippen LogP contribution is 2.22. The Bertz CT molecular complexity index is 795. The van der Waals surface area contributed by atoms with E-state index in [0.717, 1.165) is 43.1 Å². The normalized spacial score (nSPS) is 18.2. The van der Waals surface area contributed by atoms with Gasteiger partial charge >= 0.3 is 0 Å². The fraction of sp³-hybridized carbons (Fsp3) is 0.455. The van der Waals surface area contributed by atoms with E-state index in [4.69, 9.17) is 0 Å². The molecule has 0 bridgehead atoms. The van der Waals surface area contributed by atoms with Crippen molar-refractivity contribution in [1.82, 2.24) is 14.7 Å². The molecule has 1 fully saturated rings. The number of piperazine rings is 1. The van der Waals surface area contributed by atoms with Crippen LogP contribution in [-0.4, -0.2) is 66.4 Å². The van der Waals surface area contributed by atoms with E-state index in [0.29, 0.717) is 19.1 Å². The third-order valence-electron chi connectivity index (χ3n) is 5.28. The van der Waals surface area contributed by atoms with Crippen molar-refractivity contribution in [2.45, 2.75) is 26.3 Å². The SMILES string of the molecule is CC(C)N1CCC=C1Nc1ccc(C=C(C#N)C(=O)N2CCN(C)CC2)cc1. The number of nitrogens with one attached hydrogen (secondary N) is 1. The van der Waals surface area contributed by atoms with E-state index in [1.165, 1.54) is 0 Å². The molecule has 148 valence electrons. The molecule has 28 heavy (non-hydrogen) atoms. The Labute approximate surface area is 167 Å². The van der Waals surface area contributed by atoms with E-state index >= 15 is 0 Å². The minimum Gasteiger partial charge on any atom is -0.356 e. The largest absolute Gasteiger partial charge is 0.356 e. The van der Waals surface area contributed by atoms with Gasteiger partial charge in [0.1, 0.15) is 17.5 Å².